The third-order valence-electron chi connectivity index (χ3n) is 3.12. The Bertz CT molecular complexity index is 366. The van der Waals surface area contributed by atoms with Crippen LogP contribution in [0.15, 0.2) is 18.2 Å². The molecule has 74 valence electrons. The quantitative estimate of drug-likeness (QED) is 0.705. The third-order valence-corrected chi connectivity index (χ3v) is 3.35. The van der Waals surface area contributed by atoms with Gasteiger partial charge in [0.25, 0.3) is 0 Å². The second-order valence-electron chi connectivity index (χ2n) is 3.96. The molecule has 0 radical (unpaired) electrons. The van der Waals surface area contributed by atoms with Gasteiger partial charge in [0.05, 0.1) is 12.7 Å². The summed E-state index contributed by atoms with van der Waals surface area (Å²) in [5.74, 6) is 0.498. The number of rotatable bonds is 0. The van der Waals surface area contributed by atoms with Crippen LogP contribution in [0.5, 0.6) is 0 Å². The summed E-state index contributed by atoms with van der Waals surface area (Å²) in [6, 6.07) is 6.10. The molecule has 1 aromatic carbocycles. The Balaban J connectivity index is 2.07. The lowest BCUT2D eigenvalue weighted by atomic mass is 9.90. The molecular weight excluding hydrogens is 198 g/mol. The van der Waals surface area contributed by atoms with Gasteiger partial charge in [0, 0.05) is 24.0 Å². The highest BCUT2D eigenvalue weighted by molar-refractivity contribution is 6.30. The number of fused-ring (bicyclic) bond motifs is 3. The molecule has 0 bridgehead atoms. The predicted molar refractivity (Wildman–Crippen MR) is 55.6 cm³/mol. The van der Waals surface area contributed by atoms with Gasteiger partial charge in [0.1, 0.15) is 0 Å². The Hall–Kier alpha value is -0.570. The lowest BCUT2D eigenvalue weighted by Crippen LogP contribution is -2.26. The fraction of sp³-hybridized carbons (Fsp3) is 0.455. The molecule has 14 heavy (non-hydrogen) atoms. The fourth-order valence-corrected chi connectivity index (χ4v) is 2.56. The summed E-state index contributed by atoms with van der Waals surface area (Å²) in [6.07, 6.45) is 0.348. The summed E-state index contributed by atoms with van der Waals surface area (Å²) in [7, 11) is 0. The standard InChI is InChI=1S/C11H12ClNO/c12-8-2-1-7-6-14-11-5-13-4-10(11)9(7)3-8/h1-3,10-11,13H,4-6H2. The van der Waals surface area contributed by atoms with Gasteiger partial charge >= 0.3 is 0 Å². The molecule has 2 aliphatic heterocycles. The molecular formula is C11H12ClNO. The van der Waals surface area contributed by atoms with Crippen molar-refractivity contribution in [2.75, 3.05) is 13.1 Å². The van der Waals surface area contributed by atoms with E-state index in [1.165, 1.54) is 11.1 Å². The predicted octanol–water partition coefficient (Wildman–Crippen LogP) is 1.93. The Labute approximate surface area is 88.2 Å². The van der Waals surface area contributed by atoms with E-state index in [4.69, 9.17) is 16.3 Å². The molecule has 2 atom stereocenters. The van der Waals surface area contributed by atoms with E-state index in [0.717, 1.165) is 24.7 Å². The van der Waals surface area contributed by atoms with E-state index < -0.39 is 0 Å². The molecule has 2 aliphatic rings. The van der Waals surface area contributed by atoms with Gasteiger partial charge in [-0.1, -0.05) is 17.7 Å². The molecule has 2 unspecified atom stereocenters. The van der Waals surface area contributed by atoms with Crippen molar-refractivity contribution < 1.29 is 4.74 Å². The van der Waals surface area contributed by atoms with E-state index in [9.17, 15) is 0 Å². The van der Waals surface area contributed by atoms with Crippen molar-refractivity contribution in [1.82, 2.24) is 5.32 Å². The molecule has 0 saturated carbocycles. The van der Waals surface area contributed by atoms with Crippen molar-refractivity contribution in [1.29, 1.82) is 0 Å². The summed E-state index contributed by atoms with van der Waals surface area (Å²) >= 11 is 6.01. The van der Waals surface area contributed by atoms with Crippen LogP contribution < -0.4 is 5.32 Å². The first-order valence-electron chi connectivity index (χ1n) is 4.95. The summed E-state index contributed by atoms with van der Waals surface area (Å²) in [4.78, 5) is 0. The molecule has 1 saturated heterocycles. The fourth-order valence-electron chi connectivity index (χ4n) is 2.38. The van der Waals surface area contributed by atoms with Crippen LogP contribution in [0.1, 0.15) is 17.0 Å². The highest BCUT2D eigenvalue weighted by Crippen LogP contribution is 2.34. The molecule has 1 N–H and O–H groups in total. The maximum Gasteiger partial charge on any atom is 0.0784 e. The van der Waals surface area contributed by atoms with Gasteiger partial charge in [0.2, 0.25) is 0 Å². The minimum Gasteiger partial charge on any atom is -0.372 e. The first-order valence-corrected chi connectivity index (χ1v) is 5.33. The van der Waals surface area contributed by atoms with Crippen LogP contribution in [-0.2, 0) is 11.3 Å². The smallest absolute Gasteiger partial charge is 0.0784 e. The first kappa shape index (κ1) is 8.72. The number of nitrogens with one attached hydrogen (secondary N) is 1. The summed E-state index contributed by atoms with van der Waals surface area (Å²) < 4.78 is 5.76. The third kappa shape index (κ3) is 1.26. The molecule has 1 fully saturated rings. The van der Waals surface area contributed by atoms with Crippen molar-refractivity contribution in [3.8, 4) is 0 Å². The molecule has 0 spiro atoms. The molecule has 3 heteroatoms. The van der Waals surface area contributed by atoms with E-state index in [0.29, 0.717) is 12.0 Å². The summed E-state index contributed by atoms with van der Waals surface area (Å²) in [5.41, 5.74) is 2.66. The van der Waals surface area contributed by atoms with E-state index in [2.05, 4.69) is 17.4 Å². The van der Waals surface area contributed by atoms with E-state index >= 15 is 0 Å². The van der Waals surface area contributed by atoms with Crippen molar-refractivity contribution in [2.45, 2.75) is 18.6 Å². The second kappa shape index (κ2) is 3.23. The van der Waals surface area contributed by atoms with Crippen molar-refractivity contribution >= 4 is 11.6 Å². The maximum atomic E-state index is 6.01. The zero-order valence-corrected chi connectivity index (χ0v) is 8.55. The highest BCUT2D eigenvalue weighted by atomic mass is 35.5. The van der Waals surface area contributed by atoms with Gasteiger partial charge in [-0.3, -0.25) is 0 Å². The van der Waals surface area contributed by atoms with Gasteiger partial charge in [-0.25, -0.2) is 0 Å². The molecule has 2 heterocycles. The van der Waals surface area contributed by atoms with Gasteiger partial charge < -0.3 is 10.1 Å². The molecule has 1 aromatic rings. The largest absolute Gasteiger partial charge is 0.372 e. The zero-order valence-electron chi connectivity index (χ0n) is 7.79. The van der Waals surface area contributed by atoms with Crippen LogP contribution in [0.25, 0.3) is 0 Å². The van der Waals surface area contributed by atoms with E-state index in [1.807, 2.05) is 6.07 Å². The highest BCUT2D eigenvalue weighted by Gasteiger charge is 2.34. The van der Waals surface area contributed by atoms with Crippen LogP contribution in [0, 0.1) is 0 Å². The molecule has 2 nitrogen and oxygen atoms in total. The Kier molecular flexibility index (Phi) is 2.01. The van der Waals surface area contributed by atoms with Crippen molar-refractivity contribution in [3.63, 3.8) is 0 Å². The SMILES string of the molecule is Clc1ccc2c(c1)C1CNCC1OC2. The van der Waals surface area contributed by atoms with Crippen LogP contribution in [0.4, 0.5) is 0 Å². The lowest BCUT2D eigenvalue weighted by molar-refractivity contribution is 0.0299. The number of hydrogen-bond donors (Lipinski definition) is 1. The van der Waals surface area contributed by atoms with Gasteiger partial charge in [-0.05, 0) is 23.3 Å². The Morgan fingerprint density at radius 3 is 3.21 bits per heavy atom. The van der Waals surface area contributed by atoms with E-state index in [-0.39, 0.29) is 0 Å². The number of benzene rings is 1. The molecule has 0 amide bonds. The molecule has 3 rings (SSSR count). The van der Waals surface area contributed by atoms with Crippen LogP contribution in [-0.4, -0.2) is 19.2 Å². The van der Waals surface area contributed by atoms with Crippen LogP contribution in [0.2, 0.25) is 5.02 Å². The zero-order chi connectivity index (χ0) is 9.54. The summed E-state index contributed by atoms with van der Waals surface area (Å²) in [5, 5.41) is 4.19. The lowest BCUT2D eigenvalue weighted by Gasteiger charge is -2.27. The van der Waals surface area contributed by atoms with Gasteiger partial charge in [0.15, 0.2) is 0 Å². The minimum atomic E-state index is 0.348. The minimum absolute atomic E-state index is 0.348. The maximum absolute atomic E-state index is 6.01. The number of ether oxygens (including phenoxy) is 1. The van der Waals surface area contributed by atoms with E-state index in [1.54, 1.807) is 0 Å². The van der Waals surface area contributed by atoms with Crippen molar-refractivity contribution in [3.05, 3.63) is 34.3 Å². The average Bonchev–Trinajstić information content (AvgIpc) is 2.65. The van der Waals surface area contributed by atoms with Gasteiger partial charge in [-0.15, -0.1) is 0 Å². The first-order chi connectivity index (χ1) is 6.84. The molecule has 0 aromatic heterocycles. The number of hydrogen-bond acceptors (Lipinski definition) is 2. The Morgan fingerprint density at radius 1 is 1.36 bits per heavy atom. The van der Waals surface area contributed by atoms with Gasteiger partial charge in [-0.2, -0.15) is 0 Å². The topological polar surface area (TPSA) is 21.3 Å². The van der Waals surface area contributed by atoms with Crippen LogP contribution >= 0.6 is 11.6 Å². The Morgan fingerprint density at radius 2 is 2.29 bits per heavy atom. The normalized spacial score (nSPS) is 29.8. The monoisotopic (exact) mass is 209 g/mol. The van der Waals surface area contributed by atoms with Crippen LogP contribution in [0.3, 0.4) is 0 Å². The average molecular weight is 210 g/mol. The van der Waals surface area contributed by atoms with Crippen molar-refractivity contribution in [2.24, 2.45) is 0 Å². The summed E-state index contributed by atoms with van der Waals surface area (Å²) in [6.45, 7) is 2.71. The number of halogens is 1. The molecule has 0 aliphatic carbocycles. The second-order valence-corrected chi connectivity index (χ2v) is 4.39.